The van der Waals surface area contributed by atoms with Crippen molar-refractivity contribution in [2.24, 2.45) is 11.8 Å². The fourth-order valence-corrected chi connectivity index (χ4v) is 4.12. The number of nitrogens with zero attached hydrogens (tertiary/aromatic N) is 1. The Morgan fingerprint density at radius 3 is 2.86 bits per heavy atom. The van der Waals surface area contributed by atoms with Crippen LogP contribution >= 0.6 is 0 Å². The van der Waals surface area contributed by atoms with Gasteiger partial charge in [0, 0.05) is 11.5 Å². The van der Waals surface area contributed by atoms with Gasteiger partial charge < -0.3 is 14.1 Å². The molecule has 2 fully saturated rings. The fourth-order valence-electron chi connectivity index (χ4n) is 4.12. The third kappa shape index (κ3) is 2.39. The molecule has 22 heavy (non-hydrogen) atoms. The second kappa shape index (κ2) is 5.58. The Morgan fingerprint density at radius 2 is 2.23 bits per heavy atom. The molecule has 1 aromatic rings. The minimum atomic E-state index is -0.470. The summed E-state index contributed by atoms with van der Waals surface area (Å²) in [6, 6.07) is 3.70. The molecule has 1 aliphatic carbocycles. The number of fused-ring (bicyclic) bond motifs is 1. The molecule has 3 rings (SSSR count). The molecular formula is C18H25NO3. The molecule has 4 atom stereocenters. The van der Waals surface area contributed by atoms with Gasteiger partial charge in [0.15, 0.2) is 12.0 Å². The molecule has 0 radical (unpaired) electrons. The smallest absolute Gasteiger partial charge is 0.248 e. The highest BCUT2D eigenvalue weighted by molar-refractivity contribution is 5.88. The minimum absolute atomic E-state index is 0.108. The minimum Gasteiger partial charge on any atom is -0.465 e. The van der Waals surface area contributed by atoms with Crippen LogP contribution in [0.15, 0.2) is 35.5 Å². The van der Waals surface area contributed by atoms with E-state index in [9.17, 15) is 4.79 Å². The van der Waals surface area contributed by atoms with Gasteiger partial charge in [-0.2, -0.15) is 0 Å². The summed E-state index contributed by atoms with van der Waals surface area (Å²) in [6.45, 7) is 10.2. The van der Waals surface area contributed by atoms with Gasteiger partial charge in [-0.3, -0.25) is 4.79 Å². The highest BCUT2D eigenvalue weighted by atomic mass is 16.5. The number of hydrogen-bond acceptors (Lipinski definition) is 3. The highest BCUT2D eigenvalue weighted by Crippen LogP contribution is 2.48. The van der Waals surface area contributed by atoms with E-state index in [0.717, 1.165) is 12.8 Å². The van der Waals surface area contributed by atoms with E-state index in [4.69, 9.17) is 9.15 Å². The van der Waals surface area contributed by atoms with Crippen molar-refractivity contribution in [3.8, 4) is 0 Å². The van der Waals surface area contributed by atoms with Crippen molar-refractivity contribution in [2.75, 3.05) is 0 Å². The predicted octanol–water partition coefficient (Wildman–Crippen LogP) is 3.91. The maximum absolute atomic E-state index is 12.5. The molecule has 0 bridgehead atoms. The topological polar surface area (TPSA) is 42.7 Å². The summed E-state index contributed by atoms with van der Waals surface area (Å²) in [4.78, 5) is 14.3. The van der Waals surface area contributed by atoms with Crippen molar-refractivity contribution in [1.82, 2.24) is 4.90 Å². The molecule has 1 saturated carbocycles. The van der Waals surface area contributed by atoms with Crippen molar-refractivity contribution in [2.45, 2.75) is 57.9 Å². The number of hydrogen-bond donors (Lipinski definition) is 0. The number of carbonyl (C=O) groups excluding carboxylic acids is 1. The summed E-state index contributed by atoms with van der Waals surface area (Å²) >= 11 is 0. The molecule has 1 aromatic heterocycles. The maximum Gasteiger partial charge on any atom is 0.248 e. The van der Waals surface area contributed by atoms with Crippen molar-refractivity contribution in [3.05, 3.63) is 36.8 Å². The van der Waals surface area contributed by atoms with Crippen LogP contribution in [0.2, 0.25) is 0 Å². The number of rotatable bonds is 2. The fraction of sp³-hybridized carbons (Fsp3) is 0.611. The lowest BCUT2D eigenvalue weighted by atomic mass is 9.69. The monoisotopic (exact) mass is 303 g/mol. The number of carbonyl (C=O) groups is 1. The molecule has 2 heterocycles. The van der Waals surface area contributed by atoms with Gasteiger partial charge >= 0.3 is 0 Å². The molecule has 1 saturated heterocycles. The molecule has 0 unspecified atom stereocenters. The standard InChI is InChI=1S/C18H25NO3/c1-5-16(20)19-17(14-7-6-10-21-14)22-15-11-12(2)8-9-13(15)18(19,3)4/h5-7,10,12-13,15,17H,1,8-9,11H2,2-4H3/t12-,13-,15-,17+/m1/s1. The van der Waals surface area contributed by atoms with Crippen molar-refractivity contribution < 1.29 is 13.9 Å². The molecule has 0 N–H and O–H groups in total. The zero-order chi connectivity index (χ0) is 15.9. The second-order valence-corrected chi connectivity index (χ2v) is 7.13. The summed E-state index contributed by atoms with van der Waals surface area (Å²) in [6.07, 6.45) is 6.01. The molecule has 0 spiro atoms. The van der Waals surface area contributed by atoms with Crippen molar-refractivity contribution in [1.29, 1.82) is 0 Å². The molecule has 2 aliphatic rings. The van der Waals surface area contributed by atoms with Gasteiger partial charge in [0.05, 0.1) is 12.4 Å². The average molecular weight is 303 g/mol. The lowest BCUT2D eigenvalue weighted by Crippen LogP contribution is -2.62. The van der Waals surface area contributed by atoms with E-state index in [1.54, 1.807) is 11.2 Å². The first kappa shape index (κ1) is 15.3. The van der Waals surface area contributed by atoms with Crippen molar-refractivity contribution >= 4 is 5.91 Å². The SMILES string of the molecule is C=CC(=O)N1[C@H](c2ccco2)O[C@@H]2C[C@H](C)CC[C@H]2C1(C)C. The summed E-state index contributed by atoms with van der Waals surface area (Å²) < 4.78 is 11.9. The van der Waals surface area contributed by atoms with Gasteiger partial charge in [0.1, 0.15) is 0 Å². The van der Waals surface area contributed by atoms with Crippen LogP contribution in [-0.2, 0) is 9.53 Å². The van der Waals surface area contributed by atoms with E-state index in [1.807, 2.05) is 12.1 Å². The largest absolute Gasteiger partial charge is 0.465 e. The quantitative estimate of drug-likeness (QED) is 0.778. The molecule has 1 aliphatic heterocycles. The molecular weight excluding hydrogens is 278 g/mol. The zero-order valence-electron chi connectivity index (χ0n) is 13.6. The van der Waals surface area contributed by atoms with Crippen LogP contribution in [0, 0.1) is 11.8 Å². The third-order valence-corrected chi connectivity index (χ3v) is 5.32. The van der Waals surface area contributed by atoms with E-state index in [-0.39, 0.29) is 17.6 Å². The highest BCUT2D eigenvalue weighted by Gasteiger charge is 2.52. The first-order chi connectivity index (χ1) is 10.4. The Morgan fingerprint density at radius 1 is 1.45 bits per heavy atom. The summed E-state index contributed by atoms with van der Waals surface area (Å²) in [5.74, 6) is 1.58. The molecule has 4 nitrogen and oxygen atoms in total. The van der Waals surface area contributed by atoms with Crippen LogP contribution in [0.25, 0.3) is 0 Å². The first-order valence-corrected chi connectivity index (χ1v) is 8.09. The van der Waals surface area contributed by atoms with Crippen LogP contribution in [0.3, 0.4) is 0 Å². The van der Waals surface area contributed by atoms with Crippen LogP contribution in [0.4, 0.5) is 0 Å². The molecule has 0 aromatic carbocycles. The van der Waals surface area contributed by atoms with Crippen molar-refractivity contribution in [3.63, 3.8) is 0 Å². The molecule has 4 heteroatoms. The Balaban J connectivity index is 2.00. The van der Waals surface area contributed by atoms with Gasteiger partial charge in [0.25, 0.3) is 0 Å². The summed E-state index contributed by atoms with van der Waals surface area (Å²) in [5, 5.41) is 0. The van der Waals surface area contributed by atoms with Gasteiger partial charge in [-0.05, 0) is 50.8 Å². The van der Waals surface area contributed by atoms with Crippen LogP contribution in [0.5, 0.6) is 0 Å². The van der Waals surface area contributed by atoms with E-state index in [2.05, 4.69) is 27.4 Å². The Kier molecular flexibility index (Phi) is 3.89. The molecule has 120 valence electrons. The molecule has 1 amide bonds. The third-order valence-electron chi connectivity index (χ3n) is 5.32. The average Bonchev–Trinajstić information content (AvgIpc) is 2.99. The first-order valence-electron chi connectivity index (χ1n) is 8.09. The van der Waals surface area contributed by atoms with Gasteiger partial charge in [-0.25, -0.2) is 0 Å². The Labute approximate surface area is 132 Å². The van der Waals surface area contributed by atoms with E-state index < -0.39 is 6.23 Å². The normalized spacial score (nSPS) is 34.0. The number of amides is 1. The number of furan rings is 1. The second-order valence-electron chi connectivity index (χ2n) is 7.13. The van der Waals surface area contributed by atoms with Gasteiger partial charge in [-0.15, -0.1) is 0 Å². The van der Waals surface area contributed by atoms with E-state index >= 15 is 0 Å². The van der Waals surface area contributed by atoms with Crippen LogP contribution < -0.4 is 0 Å². The van der Waals surface area contributed by atoms with Gasteiger partial charge in [-0.1, -0.05) is 19.9 Å². The maximum atomic E-state index is 12.5. The van der Waals surface area contributed by atoms with E-state index in [0.29, 0.717) is 17.6 Å². The summed E-state index contributed by atoms with van der Waals surface area (Å²) in [7, 11) is 0. The predicted molar refractivity (Wildman–Crippen MR) is 83.9 cm³/mol. The zero-order valence-corrected chi connectivity index (χ0v) is 13.6. The van der Waals surface area contributed by atoms with E-state index in [1.165, 1.54) is 12.5 Å². The summed E-state index contributed by atoms with van der Waals surface area (Å²) in [5.41, 5.74) is -0.286. The van der Waals surface area contributed by atoms with Gasteiger partial charge in [0.2, 0.25) is 5.91 Å². The van der Waals surface area contributed by atoms with Crippen LogP contribution in [0.1, 0.15) is 52.0 Å². The lowest BCUT2D eigenvalue weighted by molar-refractivity contribution is -0.236. The Bertz CT molecular complexity index is 549. The van der Waals surface area contributed by atoms with Crippen LogP contribution in [-0.4, -0.2) is 22.4 Å². The Hall–Kier alpha value is -1.55. The number of ether oxygens (including phenoxy) is 1. The lowest BCUT2D eigenvalue weighted by Gasteiger charge is -2.56.